The van der Waals surface area contributed by atoms with Gasteiger partial charge in [-0.2, -0.15) is 0 Å². The van der Waals surface area contributed by atoms with E-state index in [1.807, 2.05) is 5.92 Å². The molecule has 0 aromatic heterocycles. The molecule has 1 N–H and O–H groups in total. The maximum Gasteiger partial charge on any atom is 0.298 e. The lowest BCUT2D eigenvalue weighted by Crippen LogP contribution is -2.47. The lowest BCUT2D eigenvalue weighted by molar-refractivity contribution is -0.129. The van der Waals surface area contributed by atoms with Crippen LogP contribution in [-0.4, -0.2) is 35.1 Å². The number of carbonyl (C=O) groups excluding carboxylic acids is 1. The number of carbonyl (C=O) groups is 1. The Hall–Kier alpha value is -1.01. The van der Waals surface area contributed by atoms with Crippen molar-refractivity contribution in [1.82, 2.24) is 4.90 Å². The Morgan fingerprint density at radius 2 is 2.18 bits per heavy atom. The minimum atomic E-state index is -0.580. The summed E-state index contributed by atoms with van der Waals surface area (Å²) in [6, 6.07) is 0. The van der Waals surface area contributed by atoms with Crippen molar-refractivity contribution in [2.45, 2.75) is 19.4 Å². The van der Waals surface area contributed by atoms with Crippen LogP contribution in [-0.2, 0) is 4.79 Å². The van der Waals surface area contributed by atoms with E-state index in [4.69, 9.17) is 11.5 Å². The lowest BCUT2D eigenvalue weighted by atomic mass is 10.1. The fourth-order valence-corrected chi connectivity index (χ4v) is 0.478. The van der Waals surface area contributed by atoms with E-state index in [0.29, 0.717) is 0 Å². The highest BCUT2D eigenvalue weighted by molar-refractivity contribution is 5.93. The molecule has 0 aliphatic carbocycles. The molecule has 0 heterocycles. The van der Waals surface area contributed by atoms with Gasteiger partial charge in [0.2, 0.25) is 0 Å². The van der Waals surface area contributed by atoms with Crippen molar-refractivity contribution < 1.29 is 9.90 Å². The van der Waals surface area contributed by atoms with Gasteiger partial charge in [0.05, 0.1) is 12.1 Å². The van der Waals surface area contributed by atoms with Crippen LogP contribution in [0.1, 0.15) is 13.8 Å². The Bertz CT molecular complexity index is 191. The van der Waals surface area contributed by atoms with Gasteiger partial charge in [-0.25, -0.2) is 0 Å². The molecule has 0 rings (SSSR count). The van der Waals surface area contributed by atoms with Gasteiger partial charge in [0.1, 0.15) is 0 Å². The number of nitrogens with zero attached hydrogens (tertiary/aromatic N) is 1. The SMILES string of the molecule is C#CC(=O)N(C)C(C)(C)CO. The quantitative estimate of drug-likeness (QED) is 0.563. The summed E-state index contributed by atoms with van der Waals surface area (Å²) < 4.78 is 0. The van der Waals surface area contributed by atoms with Crippen LogP contribution < -0.4 is 0 Å². The largest absolute Gasteiger partial charge is 0.394 e. The number of aliphatic hydroxyl groups excluding tert-OH is 1. The zero-order chi connectivity index (χ0) is 9.07. The molecule has 3 heteroatoms. The average Bonchev–Trinajstić information content (AvgIpc) is 2.01. The van der Waals surface area contributed by atoms with Crippen LogP contribution in [0.4, 0.5) is 0 Å². The lowest BCUT2D eigenvalue weighted by Gasteiger charge is -2.32. The molecule has 0 bridgehead atoms. The summed E-state index contributed by atoms with van der Waals surface area (Å²) in [7, 11) is 1.57. The molecule has 0 aromatic rings. The second kappa shape index (κ2) is 3.40. The molecule has 0 saturated carbocycles. The summed E-state index contributed by atoms with van der Waals surface area (Å²) in [6.07, 6.45) is 4.90. The van der Waals surface area contributed by atoms with Crippen LogP contribution in [0.5, 0.6) is 0 Å². The van der Waals surface area contributed by atoms with Crippen molar-refractivity contribution in [3.05, 3.63) is 0 Å². The summed E-state index contributed by atoms with van der Waals surface area (Å²) in [4.78, 5) is 12.2. The molecule has 0 aliphatic heterocycles. The van der Waals surface area contributed by atoms with Crippen molar-refractivity contribution in [2.24, 2.45) is 0 Å². The maximum atomic E-state index is 10.9. The van der Waals surface area contributed by atoms with Crippen molar-refractivity contribution in [1.29, 1.82) is 0 Å². The van der Waals surface area contributed by atoms with Crippen LogP contribution in [0.2, 0.25) is 0 Å². The second-order valence-electron chi connectivity index (χ2n) is 2.98. The van der Waals surface area contributed by atoms with Gasteiger partial charge in [0.15, 0.2) is 0 Å². The third-order valence-electron chi connectivity index (χ3n) is 1.72. The van der Waals surface area contributed by atoms with E-state index in [9.17, 15) is 4.79 Å². The molecule has 0 aliphatic rings. The van der Waals surface area contributed by atoms with E-state index < -0.39 is 11.4 Å². The molecule has 0 saturated heterocycles. The van der Waals surface area contributed by atoms with Crippen molar-refractivity contribution >= 4 is 5.91 Å². The molecule has 3 nitrogen and oxygen atoms in total. The first-order valence-electron chi connectivity index (χ1n) is 3.31. The molecule has 0 unspecified atom stereocenters. The topological polar surface area (TPSA) is 40.5 Å². The molecule has 0 spiro atoms. The second-order valence-corrected chi connectivity index (χ2v) is 2.98. The Morgan fingerprint density at radius 3 is 2.45 bits per heavy atom. The Labute approximate surface area is 67.0 Å². The summed E-state index contributed by atoms with van der Waals surface area (Å²) in [5, 5.41) is 8.85. The van der Waals surface area contributed by atoms with Gasteiger partial charge in [-0.3, -0.25) is 4.79 Å². The predicted molar refractivity (Wildman–Crippen MR) is 42.8 cm³/mol. The highest BCUT2D eigenvalue weighted by Crippen LogP contribution is 2.10. The van der Waals surface area contributed by atoms with E-state index in [-0.39, 0.29) is 6.61 Å². The monoisotopic (exact) mass is 155 g/mol. The minimum absolute atomic E-state index is 0.100. The molecule has 0 atom stereocenters. The van der Waals surface area contributed by atoms with Gasteiger partial charge in [0.25, 0.3) is 5.91 Å². The fraction of sp³-hybridized carbons (Fsp3) is 0.625. The van der Waals surface area contributed by atoms with Crippen molar-refractivity contribution in [2.75, 3.05) is 13.7 Å². The molecule has 11 heavy (non-hydrogen) atoms. The van der Waals surface area contributed by atoms with E-state index in [1.165, 1.54) is 4.90 Å². The average molecular weight is 155 g/mol. The van der Waals surface area contributed by atoms with Gasteiger partial charge in [0, 0.05) is 7.05 Å². The zero-order valence-corrected chi connectivity index (χ0v) is 7.09. The van der Waals surface area contributed by atoms with Gasteiger partial charge in [-0.05, 0) is 19.8 Å². The normalized spacial score (nSPS) is 10.5. The molecule has 1 amide bonds. The molecule has 62 valence electrons. The van der Waals surface area contributed by atoms with Crippen LogP contribution in [0.25, 0.3) is 0 Å². The number of likely N-dealkylation sites (N-methyl/N-ethyl adjacent to an activating group) is 1. The van der Waals surface area contributed by atoms with E-state index in [1.54, 1.807) is 20.9 Å². The number of aliphatic hydroxyl groups is 1. The van der Waals surface area contributed by atoms with Gasteiger partial charge in [-0.1, -0.05) is 0 Å². The third kappa shape index (κ3) is 2.24. The molecule has 0 radical (unpaired) electrons. The van der Waals surface area contributed by atoms with Gasteiger partial charge in [-0.15, -0.1) is 6.42 Å². The van der Waals surface area contributed by atoms with Crippen molar-refractivity contribution in [3.8, 4) is 12.3 Å². The molecular weight excluding hydrogens is 142 g/mol. The van der Waals surface area contributed by atoms with Gasteiger partial charge < -0.3 is 10.0 Å². The molecule has 0 fully saturated rings. The highest BCUT2D eigenvalue weighted by atomic mass is 16.3. The van der Waals surface area contributed by atoms with E-state index in [2.05, 4.69) is 0 Å². The van der Waals surface area contributed by atoms with Gasteiger partial charge >= 0.3 is 0 Å². The first-order chi connectivity index (χ1) is 4.95. The fourth-order valence-electron chi connectivity index (χ4n) is 0.478. The van der Waals surface area contributed by atoms with Crippen LogP contribution >= 0.6 is 0 Å². The van der Waals surface area contributed by atoms with Crippen LogP contribution in [0.15, 0.2) is 0 Å². The summed E-state index contributed by atoms with van der Waals surface area (Å²) in [5.41, 5.74) is -0.580. The summed E-state index contributed by atoms with van der Waals surface area (Å²) in [6.45, 7) is 3.38. The molecular formula is C8H13NO2. The number of hydrogen-bond donors (Lipinski definition) is 1. The number of amides is 1. The number of terminal acetylenes is 1. The summed E-state index contributed by atoms with van der Waals surface area (Å²) >= 11 is 0. The Kier molecular flexibility index (Phi) is 3.09. The minimum Gasteiger partial charge on any atom is -0.394 e. The zero-order valence-electron chi connectivity index (χ0n) is 7.09. The smallest absolute Gasteiger partial charge is 0.298 e. The van der Waals surface area contributed by atoms with Crippen LogP contribution in [0, 0.1) is 12.3 Å². The van der Waals surface area contributed by atoms with E-state index >= 15 is 0 Å². The molecule has 0 aromatic carbocycles. The third-order valence-corrected chi connectivity index (χ3v) is 1.72. The van der Waals surface area contributed by atoms with Crippen molar-refractivity contribution in [3.63, 3.8) is 0 Å². The maximum absolute atomic E-state index is 10.9. The Balaban J connectivity index is 4.37. The summed E-state index contributed by atoms with van der Waals surface area (Å²) in [5.74, 6) is 1.57. The Morgan fingerprint density at radius 1 is 1.73 bits per heavy atom. The first-order valence-corrected chi connectivity index (χ1v) is 3.31. The highest BCUT2D eigenvalue weighted by Gasteiger charge is 2.25. The predicted octanol–water partition coefficient (Wildman–Crippen LogP) is -0.151. The standard InChI is InChI=1S/C8H13NO2/c1-5-7(11)9(4)8(2,3)6-10/h1,10H,6H2,2-4H3. The number of rotatable bonds is 2. The van der Waals surface area contributed by atoms with E-state index in [0.717, 1.165) is 0 Å². The number of hydrogen-bond acceptors (Lipinski definition) is 2. The first kappa shape index (κ1) is 9.99. The van der Waals surface area contributed by atoms with Crippen LogP contribution in [0.3, 0.4) is 0 Å².